The van der Waals surface area contributed by atoms with Crippen LogP contribution in [0.25, 0.3) is 0 Å². The first kappa shape index (κ1) is 15.9. The maximum atomic E-state index is 11.9. The first-order chi connectivity index (χ1) is 8.83. The van der Waals surface area contributed by atoms with Crippen molar-refractivity contribution >= 4 is 0 Å². The molecular formula is C13H19F3N2O. The number of halogens is 3. The maximum absolute atomic E-state index is 11.9. The van der Waals surface area contributed by atoms with Crippen molar-refractivity contribution in [1.29, 1.82) is 0 Å². The van der Waals surface area contributed by atoms with Crippen molar-refractivity contribution in [2.24, 2.45) is 5.84 Å². The molecule has 0 aromatic heterocycles. The lowest BCUT2D eigenvalue weighted by atomic mass is 10.00. The molecule has 1 aromatic rings. The number of ether oxygens (including phenoxy) is 1. The van der Waals surface area contributed by atoms with Crippen LogP contribution in [-0.2, 0) is 4.74 Å². The predicted octanol–water partition coefficient (Wildman–Crippen LogP) is 2.78. The number of nitrogens with two attached hydrogens (primary N) is 1. The van der Waals surface area contributed by atoms with Gasteiger partial charge >= 0.3 is 6.18 Å². The molecule has 0 aliphatic rings. The summed E-state index contributed by atoms with van der Waals surface area (Å²) in [4.78, 5) is 0. The molecule has 0 radical (unpaired) electrons. The summed E-state index contributed by atoms with van der Waals surface area (Å²) in [6.45, 7) is 2.75. The number of nitrogens with one attached hydrogen (secondary N) is 1. The molecule has 3 nitrogen and oxygen atoms in total. The molecule has 0 saturated carbocycles. The van der Waals surface area contributed by atoms with Gasteiger partial charge in [-0.3, -0.25) is 11.3 Å². The molecule has 0 spiro atoms. The fraction of sp³-hybridized carbons (Fsp3) is 0.538. The highest BCUT2D eigenvalue weighted by Crippen LogP contribution is 2.20. The third-order valence-corrected chi connectivity index (χ3v) is 2.95. The van der Waals surface area contributed by atoms with Gasteiger partial charge in [0.2, 0.25) is 0 Å². The molecule has 1 unspecified atom stereocenters. The largest absolute Gasteiger partial charge is 0.411 e. The first-order valence-corrected chi connectivity index (χ1v) is 6.01. The van der Waals surface area contributed by atoms with Crippen LogP contribution >= 0.6 is 0 Å². The molecule has 19 heavy (non-hydrogen) atoms. The molecular weight excluding hydrogens is 257 g/mol. The molecule has 3 N–H and O–H groups in total. The lowest BCUT2D eigenvalue weighted by Crippen LogP contribution is -2.29. The normalized spacial score (nSPS) is 13.6. The van der Waals surface area contributed by atoms with Crippen LogP contribution < -0.4 is 11.3 Å². The fourth-order valence-electron chi connectivity index (χ4n) is 1.72. The van der Waals surface area contributed by atoms with Gasteiger partial charge in [-0.05, 0) is 37.0 Å². The highest BCUT2D eigenvalue weighted by Gasteiger charge is 2.27. The molecule has 0 aliphatic heterocycles. The van der Waals surface area contributed by atoms with E-state index in [9.17, 15) is 13.2 Å². The van der Waals surface area contributed by atoms with Crippen molar-refractivity contribution < 1.29 is 17.9 Å². The smallest absolute Gasteiger partial charge is 0.372 e. The Kier molecular flexibility index (Phi) is 5.78. The van der Waals surface area contributed by atoms with Crippen molar-refractivity contribution in [2.75, 3.05) is 13.2 Å². The van der Waals surface area contributed by atoms with E-state index in [-0.39, 0.29) is 12.6 Å². The van der Waals surface area contributed by atoms with Gasteiger partial charge in [0.05, 0.1) is 0 Å². The number of hydrazine groups is 1. The Bertz CT molecular complexity index is 407. The zero-order valence-electron chi connectivity index (χ0n) is 11.1. The summed E-state index contributed by atoms with van der Waals surface area (Å²) >= 11 is 0. The van der Waals surface area contributed by atoms with Crippen molar-refractivity contribution in [3.05, 3.63) is 34.9 Å². The van der Waals surface area contributed by atoms with Crippen LogP contribution in [0.5, 0.6) is 0 Å². The molecule has 1 rings (SSSR count). The highest BCUT2D eigenvalue weighted by molar-refractivity contribution is 5.31. The van der Waals surface area contributed by atoms with E-state index in [2.05, 4.69) is 10.2 Å². The molecule has 108 valence electrons. The number of aryl methyl sites for hydroxylation is 2. The summed E-state index contributed by atoms with van der Waals surface area (Å²) in [7, 11) is 0. The summed E-state index contributed by atoms with van der Waals surface area (Å²) in [6.07, 6.45) is -3.90. The standard InChI is InChI=1S/C13H19F3N2O/c1-9-3-4-11(7-10(9)2)12(18-17)5-6-19-8-13(14,15)16/h3-4,7,12,18H,5-6,8,17H2,1-2H3. The van der Waals surface area contributed by atoms with E-state index in [4.69, 9.17) is 5.84 Å². The van der Waals surface area contributed by atoms with E-state index in [0.717, 1.165) is 16.7 Å². The number of benzene rings is 1. The van der Waals surface area contributed by atoms with Crippen LogP contribution in [0.2, 0.25) is 0 Å². The van der Waals surface area contributed by atoms with Crippen LogP contribution in [0, 0.1) is 13.8 Å². The highest BCUT2D eigenvalue weighted by atomic mass is 19.4. The molecule has 0 fully saturated rings. The van der Waals surface area contributed by atoms with E-state index in [1.807, 2.05) is 32.0 Å². The van der Waals surface area contributed by atoms with E-state index < -0.39 is 12.8 Å². The van der Waals surface area contributed by atoms with Gasteiger partial charge in [0.1, 0.15) is 6.61 Å². The monoisotopic (exact) mass is 276 g/mol. The second kappa shape index (κ2) is 6.88. The third kappa shape index (κ3) is 5.59. The lowest BCUT2D eigenvalue weighted by molar-refractivity contribution is -0.174. The van der Waals surface area contributed by atoms with E-state index in [1.165, 1.54) is 0 Å². The molecule has 0 bridgehead atoms. The quantitative estimate of drug-likeness (QED) is 0.477. The average molecular weight is 276 g/mol. The average Bonchev–Trinajstić information content (AvgIpc) is 2.32. The van der Waals surface area contributed by atoms with Gasteiger partial charge in [0.15, 0.2) is 0 Å². The molecule has 0 saturated heterocycles. The Morgan fingerprint density at radius 2 is 1.95 bits per heavy atom. The zero-order chi connectivity index (χ0) is 14.5. The Hall–Kier alpha value is -1.11. The second-order valence-electron chi connectivity index (χ2n) is 4.52. The topological polar surface area (TPSA) is 47.3 Å². The van der Waals surface area contributed by atoms with Crippen molar-refractivity contribution in [2.45, 2.75) is 32.5 Å². The summed E-state index contributed by atoms with van der Waals surface area (Å²) in [5.41, 5.74) is 5.83. The van der Waals surface area contributed by atoms with Crippen LogP contribution in [-0.4, -0.2) is 19.4 Å². The van der Waals surface area contributed by atoms with Gasteiger partial charge in [-0.1, -0.05) is 18.2 Å². The molecule has 0 heterocycles. The van der Waals surface area contributed by atoms with Gasteiger partial charge in [-0.2, -0.15) is 13.2 Å². The summed E-state index contributed by atoms with van der Waals surface area (Å²) < 4.78 is 40.3. The van der Waals surface area contributed by atoms with Crippen LogP contribution in [0.15, 0.2) is 18.2 Å². The SMILES string of the molecule is Cc1ccc(C(CCOCC(F)(F)F)NN)cc1C. The predicted molar refractivity (Wildman–Crippen MR) is 67.5 cm³/mol. The van der Waals surface area contributed by atoms with Crippen LogP contribution in [0.4, 0.5) is 13.2 Å². The van der Waals surface area contributed by atoms with Gasteiger partial charge in [0, 0.05) is 12.6 Å². The minimum Gasteiger partial charge on any atom is -0.372 e. The first-order valence-electron chi connectivity index (χ1n) is 6.01. The lowest BCUT2D eigenvalue weighted by Gasteiger charge is -2.18. The molecule has 1 atom stereocenters. The minimum absolute atomic E-state index is 0.00129. The Labute approximate surface area is 110 Å². The van der Waals surface area contributed by atoms with E-state index in [0.29, 0.717) is 6.42 Å². The summed E-state index contributed by atoms with van der Waals surface area (Å²) in [5.74, 6) is 5.43. The number of hydrogen-bond donors (Lipinski definition) is 2. The molecule has 0 amide bonds. The van der Waals surface area contributed by atoms with Gasteiger partial charge < -0.3 is 4.74 Å². The summed E-state index contributed by atoms with van der Waals surface area (Å²) in [6, 6.07) is 5.64. The second-order valence-corrected chi connectivity index (χ2v) is 4.52. The fourth-order valence-corrected chi connectivity index (χ4v) is 1.72. The molecule has 1 aromatic carbocycles. The van der Waals surface area contributed by atoms with Crippen molar-refractivity contribution in [1.82, 2.24) is 5.43 Å². The van der Waals surface area contributed by atoms with E-state index >= 15 is 0 Å². The van der Waals surface area contributed by atoms with Gasteiger partial charge in [-0.25, -0.2) is 0 Å². The van der Waals surface area contributed by atoms with Crippen molar-refractivity contribution in [3.8, 4) is 0 Å². The zero-order valence-corrected chi connectivity index (χ0v) is 11.1. The molecule has 0 aliphatic carbocycles. The van der Waals surface area contributed by atoms with Crippen molar-refractivity contribution in [3.63, 3.8) is 0 Å². The Morgan fingerprint density at radius 1 is 1.26 bits per heavy atom. The summed E-state index contributed by atoms with van der Waals surface area (Å²) in [5, 5.41) is 0. The maximum Gasteiger partial charge on any atom is 0.411 e. The van der Waals surface area contributed by atoms with Gasteiger partial charge in [0.25, 0.3) is 0 Å². The third-order valence-electron chi connectivity index (χ3n) is 2.95. The van der Waals surface area contributed by atoms with Gasteiger partial charge in [-0.15, -0.1) is 0 Å². The molecule has 6 heteroatoms. The number of rotatable bonds is 6. The Morgan fingerprint density at radius 3 is 2.47 bits per heavy atom. The number of hydrogen-bond acceptors (Lipinski definition) is 3. The minimum atomic E-state index is -4.29. The van der Waals surface area contributed by atoms with Crippen LogP contribution in [0.3, 0.4) is 0 Å². The van der Waals surface area contributed by atoms with Crippen LogP contribution in [0.1, 0.15) is 29.2 Å². The van der Waals surface area contributed by atoms with E-state index in [1.54, 1.807) is 0 Å². The number of alkyl halides is 3. The Balaban J connectivity index is 2.51.